The summed E-state index contributed by atoms with van der Waals surface area (Å²) >= 11 is 3.29. The second-order valence-corrected chi connectivity index (χ2v) is 7.31. The van der Waals surface area contributed by atoms with Gasteiger partial charge in [0, 0.05) is 29.5 Å². The molecule has 0 saturated heterocycles. The summed E-state index contributed by atoms with van der Waals surface area (Å²) in [4.78, 5) is 48.9. The molecule has 0 bridgehead atoms. The van der Waals surface area contributed by atoms with Crippen molar-refractivity contribution >= 4 is 39.6 Å². The fraction of sp³-hybridized carbons (Fsp3) is 0.200. The number of primary amides is 1. The smallest absolute Gasteiger partial charge is 0.261 e. The molecule has 3 N–H and O–H groups in total. The maximum atomic E-state index is 12.4. The molecular formula is C20H18BrN3O4. The number of hydrogen-bond acceptors (Lipinski definition) is 4. The van der Waals surface area contributed by atoms with Crippen LogP contribution in [-0.4, -0.2) is 35.1 Å². The van der Waals surface area contributed by atoms with Crippen molar-refractivity contribution in [2.75, 3.05) is 6.54 Å². The first-order chi connectivity index (χ1) is 13.4. The highest BCUT2D eigenvalue weighted by atomic mass is 79.9. The molecular weight excluding hydrogens is 426 g/mol. The van der Waals surface area contributed by atoms with Gasteiger partial charge in [-0.15, -0.1) is 0 Å². The van der Waals surface area contributed by atoms with Crippen molar-refractivity contribution in [2.45, 2.75) is 19.4 Å². The zero-order valence-corrected chi connectivity index (χ0v) is 16.5. The fourth-order valence-corrected chi connectivity index (χ4v) is 3.30. The molecule has 0 fully saturated rings. The van der Waals surface area contributed by atoms with Crippen LogP contribution >= 0.6 is 15.9 Å². The van der Waals surface area contributed by atoms with Gasteiger partial charge in [-0.2, -0.15) is 0 Å². The molecule has 0 aliphatic carbocycles. The molecule has 8 heteroatoms. The van der Waals surface area contributed by atoms with E-state index in [0.717, 1.165) is 10.0 Å². The number of halogens is 1. The number of nitrogens with zero attached hydrogens (tertiary/aromatic N) is 1. The van der Waals surface area contributed by atoms with Crippen LogP contribution in [0.3, 0.4) is 0 Å². The molecule has 1 aliphatic heterocycles. The van der Waals surface area contributed by atoms with Gasteiger partial charge < -0.3 is 11.1 Å². The summed E-state index contributed by atoms with van der Waals surface area (Å²) in [6.07, 6.45) is 0.565. The molecule has 28 heavy (non-hydrogen) atoms. The van der Waals surface area contributed by atoms with Gasteiger partial charge in [-0.25, -0.2) is 0 Å². The zero-order valence-electron chi connectivity index (χ0n) is 14.9. The summed E-state index contributed by atoms with van der Waals surface area (Å²) in [5.41, 5.74) is 7.19. The number of nitrogens with two attached hydrogens (primary N) is 1. The Kier molecular flexibility index (Phi) is 5.89. The molecule has 4 amide bonds. The summed E-state index contributed by atoms with van der Waals surface area (Å²) < 4.78 is 0.734. The van der Waals surface area contributed by atoms with Crippen molar-refractivity contribution in [2.24, 2.45) is 5.73 Å². The van der Waals surface area contributed by atoms with E-state index >= 15 is 0 Å². The number of imide groups is 1. The van der Waals surface area contributed by atoms with Crippen LogP contribution in [0.2, 0.25) is 0 Å². The number of amides is 4. The molecule has 0 atom stereocenters. The van der Waals surface area contributed by atoms with Crippen LogP contribution in [-0.2, 0) is 11.3 Å². The van der Waals surface area contributed by atoms with E-state index in [-0.39, 0.29) is 30.7 Å². The van der Waals surface area contributed by atoms with Gasteiger partial charge in [0.15, 0.2) is 0 Å². The van der Waals surface area contributed by atoms with Gasteiger partial charge in [0.25, 0.3) is 11.8 Å². The highest BCUT2D eigenvalue weighted by molar-refractivity contribution is 9.10. The Morgan fingerprint density at radius 1 is 1.00 bits per heavy atom. The summed E-state index contributed by atoms with van der Waals surface area (Å²) in [7, 11) is 0. The quantitative estimate of drug-likeness (QED) is 0.639. The van der Waals surface area contributed by atoms with Gasteiger partial charge in [0.2, 0.25) is 11.8 Å². The van der Waals surface area contributed by atoms with Crippen LogP contribution in [0.25, 0.3) is 0 Å². The van der Waals surface area contributed by atoms with E-state index in [1.165, 1.54) is 4.90 Å². The fourth-order valence-electron chi connectivity index (χ4n) is 2.94. The van der Waals surface area contributed by atoms with Gasteiger partial charge in [0.1, 0.15) is 0 Å². The van der Waals surface area contributed by atoms with Crippen LogP contribution in [0.4, 0.5) is 0 Å². The van der Waals surface area contributed by atoms with Crippen LogP contribution < -0.4 is 11.1 Å². The summed E-state index contributed by atoms with van der Waals surface area (Å²) in [5, 5.41) is 2.77. The van der Waals surface area contributed by atoms with E-state index in [1.54, 1.807) is 42.5 Å². The Bertz CT molecular complexity index is 956. The Morgan fingerprint density at radius 2 is 1.68 bits per heavy atom. The van der Waals surface area contributed by atoms with Crippen molar-refractivity contribution in [1.29, 1.82) is 0 Å². The lowest BCUT2D eigenvalue weighted by atomic mass is 10.1. The Balaban J connectivity index is 1.46. The first-order valence-corrected chi connectivity index (χ1v) is 9.47. The molecule has 2 aromatic carbocycles. The third-order valence-corrected chi connectivity index (χ3v) is 4.94. The van der Waals surface area contributed by atoms with Crippen LogP contribution in [0.1, 0.15) is 49.5 Å². The van der Waals surface area contributed by atoms with Gasteiger partial charge in [0.05, 0.1) is 11.1 Å². The SMILES string of the molecule is NC(=O)c1ccc(CNC(=O)CCCN2C(=O)c3ccc(Br)cc3C2=O)cc1. The van der Waals surface area contributed by atoms with Crippen molar-refractivity contribution in [1.82, 2.24) is 10.2 Å². The Morgan fingerprint density at radius 3 is 2.36 bits per heavy atom. The monoisotopic (exact) mass is 443 g/mol. The van der Waals surface area contributed by atoms with Gasteiger partial charge in [-0.3, -0.25) is 24.1 Å². The topological polar surface area (TPSA) is 110 Å². The normalized spacial score (nSPS) is 12.8. The summed E-state index contributed by atoms with van der Waals surface area (Å²) in [6.45, 7) is 0.504. The summed E-state index contributed by atoms with van der Waals surface area (Å²) in [6, 6.07) is 11.6. The Hall–Kier alpha value is -3.00. The number of benzene rings is 2. The first kappa shape index (κ1) is 19.8. The third-order valence-electron chi connectivity index (χ3n) is 4.45. The molecule has 0 saturated carbocycles. The highest BCUT2D eigenvalue weighted by Crippen LogP contribution is 2.26. The maximum Gasteiger partial charge on any atom is 0.261 e. The van der Waals surface area contributed by atoms with Gasteiger partial charge in [-0.05, 0) is 42.3 Å². The molecule has 0 radical (unpaired) electrons. The van der Waals surface area contributed by atoms with Gasteiger partial charge >= 0.3 is 0 Å². The lowest BCUT2D eigenvalue weighted by Crippen LogP contribution is -2.32. The van der Waals surface area contributed by atoms with E-state index in [9.17, 15) is 19.2 Å². The summed E-state index contributed by atoms with van der Waals surface area (Å²) in [5.74, 6) is -1.35. The van der Waals surface area contributed by atoms with Crippen molar-refractivity contribution in [3.05, 3.63) is 69.2 Å². The average molecular weight is 444 g/mol. The molecule has 1 aliphatic rings. The molecule has 0 aromatic heterocycles. The van der Waals surface area contributed by atoms with Gasteiger partial charge in [-0.1, -0.05) is 28.1 Å². The molecule has 7 nitrogen and oxygen atoms in total. The van der Waals surface area contributed by atoms with Crippen molar-refractivity contribution in [3.63, 3.8) is 0 Å². The van der Waals surface area contributed by atoms with E-state index in [4.69, 9.17) is 5.73 Å². The second-order valence-electron chi connectivity index (χ2n) is 6.39. The van der Waals surface area contributed by atoms with E-state index in [0.29, 0.717) is 29.7 Å². The number of nitrogens with one attached hydrogen (secondary N) is 1. The average Bonchev–Trinajstić information content (AvgIpc) is 2.91. The number of fused-ring (bicyclic) bond motifs is 1. The minimum atomic E-state index is -0.504. The number of carbonyl (C=O) groups is 4. The zero-order chi connectivity index (χ0) is 20.3. The Labute approximate surface area is 170 Å². The van der Waals surface area contributed by atoms with E-state index in [1.807, 2.05) is 0 Å². The second kappa shape index (κ2) is 8.35. The molecule has 3 rings (SSSR count). The maximum absolute atomic E-state index is 12.4. The van der Waals surface area contributed by atoms with Crippen molar-refractivity contribution in [3.8, 4) is 0 Å². The molecule has 1 heterocycles. The number of rotatable bonds is 7. The predicted molar refractivity (Wildman–Crippen MR) is 106 cm³/mol. The number of hydrogen-bond donors (Lipinski definition) is 2. The molecule has 0 unspecified atom stereocenters. The van der Waals surface area contributed by atoms with E-state index in [2.05, 4.69) is 21.2 Å². The lowest BCUT2D eigenvalue weighted by molar-refractivity contribution is -0.121. The third kappa shape index (κ3) is 4.28. The highest BCUT2D eigenvalue weighted by Gasteiger charge is 2.35. The lowest BCUT2D eigenvalue weighted by Gasteiger charge is -2.13. The first-order valence-electron chi connectivity index (χ1n) is 8.68. The van der Waals surface area contributed by atoms with Crippen LogP contribution in [0.5, 0.6) is 0 Å². The largest absolute Gasteiger partial charge is 0.366 e. The molecule has 0 spiro atoms. The van der Waals surface area contributed by atoms with E-state index < -0.39 is 5.91 Å². The predicted octanol–water partition coefficient (Wildman–Crippen LogP) is 2.24. The molecule has 2 aromatic rings. The molecule has 144 valence electrons. The minimum absolute atomic E-state index is 0.182. The van der Waals surface area contributed by atoms with Crippen molar-refractivity contribution < 1.29 is 19.2 Å². The standard InChI is InChI=1S/C20H18BrN3O4/c21-14-7-8-15-16(10-14)20(28)24(19(15)27)9-1-2-17(25)23-11-12-3-5-13(6-4-12)18(22)26/h3-8,10H,1-2,9,11H2,(H2,22,26)(H,23,25). The minimum Gasteiger partial charge on any atom is -0.366 e. The van der Waals surface area contributed by atoms with Crippen LogP contribution in [0, 0.1) is 0 Å². The number of carbonyl (C=O) groups excluding carboxylic acids is 4. The van der Waals surface area contributed by atoms with Crippen LogP contribution in [0.15, 0.2) is 46.9 Å².